The molecule has 128 valence electrons. The molecular formula is C17H25NO3S2. The van der Waals surface area contributed by atoms with E-state index in [2.05, 4.69) is 30.6 Å². The van der Waals surface area contributed by atoms with Crippen molar-refractivity contribution in [2.75, 3.05) is 17.7 Å². The summed E-state index contributed by atoms with van der Waals surface area (Å²) in [7, 11) is 0. The fourth-order valence-electron chi connectivity index (χ4n) is 2.15. The summed E-state index contributed by atoms with van der Waals surface area (Å²) in [6.07, 6.45) is 4.14. The number of rotatable bonds is 10. The van der Waals surface area contributed by atoms with Gasteiger partial charge in [-0.2, -0.15) is 25.3 Å². The molecule has 0 aliphatic rings. The van der Waals surface area contributed by atoms with Crippen molar-refractivity contribution < 1.29 is 14.3 Å². The number of carbonyl (C=O) groups is 2. The molecule has 0 bridgehead atoms. The Morgan fingerprint density at radius 1 is 1.22 bits per heavy atom. The van der Waals surface area contributed by atoms with Crippen molar-refractivity contribution in [2.24, 2.45) is 0 Å². The molecule has 0 radical (unpaired) electrons. The average Bonchev–Trinajstić information content (AvgIpc) is 2.52. The maximum absolute atomic E-state index is 12.0. The number of para-hydroxylation sites is 1. The summed E-state index contributed by atoms with van der Waals surface area (Å²) < 4.78 is 4.99. The average molecular weight is 356 g/mol. The van der Waals surface area contributed by atoms with E-state index in [9.17, 15) is 9.59 Å². The van der Waals surface area contributed by atoms with Crippen LogP contribution in [0.25, 0.3) is 0 Å². The number of hydrogen-bond acceptors (Lipinski definition) is 5. The van der Waals surface area contributed by atoms with E-state index in [1.807, 2.05) is 0 Å². The van der Waals surface area contributed by atoms with Gasteiger partial charge in [-0.15, -0.1) is 0 Å². The molecule has 1 amide bonds. The number of unbranched alkanes of at least 4 members (excludes halogenated alkanes) is 1. The number of thiol groups is 2. The van der Waals surface area contributed by atoms with Crippen LogP contribution >= 0.6 is 25.3 Å². The summed E-state index contributed by atoms with van der Waals surface area (Å²) in [6, 6.07) is 6.88. The standard InChI is InChI=1S/C17H25NO3S2/c1-2-21-17(20)14-8-4-5-9-15(14)18-16(19)10-6-3-7-13(23)11-12-22/h4-5,8-9,13,22-23H,2-3,6-7,10-12H2,1H3,(H,18,19). The van der Waals surface area contributed by atoms with E-state index >= 15 is 0 Å². The lowest BCUT2D eigenvalue weighted by Gasteiger charge is -2.11. The Hall–Kier alpha value is -1.14. The number of nitrogens with one attached hydrogen (secondary N) is 1. The highest BCUT2D eigenvalue weighted by Crippen LogP contribution is 2.17. The number of carbonyl (C=O) groups excluding carboxylic acids is 2. The number of benzene rings is 1. The smallest absolute Gasteiger partial charge is 0.340 e. The number of hydrogen-bond donors (Lipinski definition) is 3. The lowest BCUT2D eigenvalue weighted by molar-refractivity contribution is -0.116. The van der Waals surface area contributed by atoms with Crippen LogP contribution in [0, 0.1) is 0 Å². The van der Waals surface area contributed by atoms with Crippen LogP contribution in [0.1, 0.15) is 49.4 Å². The first-order valence-corrected chi connectivity index (χ1v) is 9.08. The van der Waals surface area contributed by atoms with Crippen LogP contribution in [-0.2, 0) is 9.53 Å². The fraction of sp³-hybridized carbons (Fsp3) is 0.529. The van der Waals surface area contributed by atoms with Crippen LogP contribution in [0.5, 0.6) is 0 Å². The summed E-state index contributed by atoms with van der Waals surface area (Å²) in [4.78, 5) is 23.9. The van der Waals surface area contributed by atoms with Crippen molar-refractivity contribution in [3.63, 3.8) is 0 Å². The van der Waals surface area contributed by atoms with Crippen LogP contribution in [-0.4, -0.2) is 29.5 Å². The van der Waals surface area contributed by atoms with Crippen LogP contribution in [0.3, 0.4) is 0 Å². The van der Waals surface area contributed by atoms with E-state index in [1.54, 1.807) is 31.2 Å². The highest BCUT2D eigenvalue weighted by molar-refractivity contribution is 7.81. The van der Waals surface area contributed by atoms with E-state index in [1.165, 1.54) is 0 Å². The van der Waals surface area contributed by atoms with Crippen LogP contribution in [0.15, 0.2) is 24.3 Å². The Bertz CT molecular complexity index is 508. The molecule has 4 nitrogen and oxygen atoms in total. The van der Waals surface area contributed by atoms with Crippen molar-refractivity contribution in [2.45, 2.75) is 44.3 Å². The molecule has 1 unspecified atom stereocenters. The van der Waals surface area contributed by atoms with Gasteiger partial charge >= 0.3 is 5.97 Å². The first-order chi connectivity index (χ1) is 11.1. The second-order valence-corrected chi connectivity index (χ2v) is 6.40. The van der Waals surface area contributed by atoms with Crippen molar-refractivity contribution >= 4 is 42.8 Å². The van der Waals surface area contributed by atoms with Gasteiger partial charge in [0.15, 0.2) is 0 Å². The summed E-state index contributed by atoms with van der Waals surface area (Å²) in [5.74, 6) is 0.318. The largest absolute Gasteiger partial charge is 0.462 e. The summed E-state index contributed by atoms with van der Waals surface area (Å²) >= 11 is 8.65. The van der Waals surface area contributed by atoms with Gasteiger partial charge in [0.1, 0.15) is 0 Å². The topological polar surface area (TPSA) is 55.4 Å². The number of anilines is 1. The molecule has 0 heterocycles. The summed E-state index contributed by atoms with van der Waals surface area (Å²) in [5, 5.41) is 3.14. The van der Waals surface area contributed by atoms with E-state index in [0.29, 0.717) is 29.5 Å². The van der Waals surface area contributed by atoms with E-state index < -0.39 is 5.97 Å². The second kappa shape index (κ2) is 11.4. The summed E-state index contributed by atoms with van der Waals surface area (Å²) in [6.45, 7) is 2.06. The molecule has 1 N–H and O–H groups in total. The lowest BCUT2D eigenvalue weighted by Crippen LogP contribution is -2.15. The molecular weight excluding hydrogens is 330 g/mol. The first-order valence-electron chi connectivity index (χ1n) is 7.93. The normalized spacial score (nSPS) is 11.8. The minimum absolute atomic E-state index is 0.0911. The molecule has 1 aromatic rings. The van der Waals surface area contributed by atoms with Crippen LogP contribution in [0.4, 0.5) is 5.69 Å². The zero-order valence-electron chi connectivity index (χ0n) is 13.5. The zero-order chi connectivity index (χ0) is 17.1. The van der Waals surface area contributed by atoms with Gasteiger partial charge in [-0.3, -0.25) is 4.79 Å². The quantitative estimate of drug-likeness (QED) is 0.338. The molecule has 0 saturated carbocycles. The third-order valence-corrected chi connectivity index (χ3v) is 4.12. The molecule has 1 atom stereocenters. The maximum atomic E-state index is 12.0. The third kappa shape index (κ3) is 7.79. The first kappa shape index (κ1) is 19.9. The van der Waals surface area contributed by atoms with E-state index in [0.717, 1.165) is 31.4 Å². The van der Waals surface area contributed by atoms with Gasteiger partial charge in [0.05, 0.1) is 17.9 Å². The van der Waals surface area contributed by atoms with Gasteiger partial charge in [-0.05, 0) is 44.1 Å². The van der Waals surface area contributed by atoms with Gasteiger partial charge in [0.25, 0.3) is 0 Å². The molecule has 0 aromatic heterocycles. The lowest BCUT2D eigenvalue weighted by atomic mass is 10.1. The number of esters is 1. The zero-order valence-corrected chi connectivity index (χ0v) is 15.2. The Labute approximate surface area is 149 Å². The molecule has 1 aromatic carbocycles. The predicted octanol–water partition coefficient (Wildman–Crippen LogP) is 3.98. The summed E-state index contributed by atoms with van der Waals surface area (Å²) in [5.41, 5.74) is 0.880. The highest BCUT2D eigenvalue weighted by atomic mass is 32.1. The Morgan fingerprint density at radius 3 is 2.65 bits per heavy atom. The van der Waals surface area contributed by atoms with Crippen LogP contribution < -0.4 is 5.32 Å². The van der Waals surface area contributed by atoms with Crippen molar-refractivity contribution in [1.82, 2.24) is 0 Å². The fourth-order valence-corrected chi connectivity index (χ4v) is 2.98. The molecule has 1 rings (SSSR count). The second-order valence-electron chi connectivity index (χ2n) is 5.23. The molecule has 0 spiro atoms. The molecule has 0 aliphatic carbocycles. The van der Waals surface area contributed by atoms with Gasteiger partial charge < -0.3 is 10.1 Å². The molecule has 0 aliphatic heterocycles. The monoisotopic (exact) mass is 355 g/mol. The van der Waals surface area contributed by atoms with Crippen molar-refractivity contribution in [3.8, 4) is 0 Å². The Balaban J connectivity index is 2.44. The Morgan fingerprint density at radius 2 is 1.96 bits per heavy atom. The minimum atomic E-state index is -0.423. The third-order valence-electron chi connectivity index (χ3n) is 3.35. The molecule has 23 heavy (non-hydrogen) atoms. The molecule has 6 heteroatoms. The Kier molecular flexibility index (Phi) is 9.87. The van der Waals surface area contributed by atoms with Gasteiger partial charge in [0.2, 0.25) is 5.91 Å². The SMILES string of the molecule is CCOC(=O)c1ccccc1NC(=O)CCCCC(S)CCS. The number of ether oxygens (including phenoxy) is 1. The van der Waals surface area contributed by atoms with Crippen molar-refractivity contribution in [3.05, 3.63) is 29.8 Å². The molecule has 0 saturated heterocycles. The minimum Gasteiger partial charge on any atom is -0.462 e. The number of amides is 1. The maximum Gasteiger partial charge on any atom is 0.340 e. The molecule has 0 fully saturated rings. The van der Waals surface area contributed by atoms with Crippen molar-refractivity contribution in [1.29, 1.82) is 0 Å². The van der Waals surface area contributed by atoms with Crippen LogP contribution in [0.2, 0.25) is 0 Å². The van der Waals surface area contributed by atoms with Gasteiger partial charge in [-0.25, -0.2) is 4.79 Å². The highest BCUT2D eigenvalue weighted by Gasteiger charge is 2.13. The van der Waals surface area contributed by atoms with Gasteiger partial charge in [-0.1, -0.05) is 18.6 Å². The van der Waals surface area contributed by atoms with Gasteiger partial charge in [0, 0.05) is 11.7 Å². The van der Waals surface area contributed by atoms with E-state index in [4.69, 9.17) is 4.74 Å². The van der Waals surface area contributed by atoms with E-state index in [-0.39, 0.29) is 5.91 Å². The predicted molar refractivity (Wildman–Crippen MR) is 101 cm³/mol.